The van der Waals surface area contributed by atoms with E-state index in [4.69, 9.17) is 4.74 Å². The van der Waals surface area contributed by atoms with E-state index in [0.717, 1.165) is 24.3 Å². The SMILES string of the molecule is CCCOc1cc(C)cc2[nH]ccc12. The molecule has 0 atom stereocenters. The molecule has 0 unspecified atom stereocenters. The molecule has 14 heavy (non-hydrogen) atoms. The second kappa shape index (κ2) is 3.74. The summed E-state index contributed by atoms with van der Waals surface area (Å²) in [5.41, 5.74) is 2.38. The third kappa shape index (κ3) is 1.60. The fourth-order valence-corrected chi connectivity index (χ4v) is 1.60. The molecule has 2 rings (SSSR count). The van der Waals surface area contributed by atoms with Crippen LogP contribution in [0.15, 0.2) is 24.4 Å². The molecule has 0 saturated heterocycles. The van der Waals surface area contributed by atoms with Crippen LogP contribution in [0.3, 0.4) is 0 Å². The minimum Gasteiger partial charge on any atom is -0.493 e. The highest BCUT2D eigenvalue weighted by Gasteiger charge is 2.03. The summed E-state index contributed by atoms with van der Waals surface area (Å²) in [6, 6.07) is 6.28. The molecule has 0 radical (unpaired) electrons. The summed E-state index contributed by atoms with van der Waals surface area (Å²) in [5.74, 6) is 0.989. The highest BCUT2D eigenvalue weighted by Crippen LogP contribution is 2.26. The van der Waals surface area contributed by atoms with Gasteiger partial charge >= 0.3 is 0 Å². The quantitative estimate of drug-likeness (QED) is 0.787. The highest BCUT2D eigenvalue weighted by molar-refractivity contribution is 5.86. The lowest BCUT2D eigenvalue weighted by molar-refractivity contribution is 0.321. The minimum absolute atomic E-state index is 0.781. The first-order valence-electron chi connectivity index (χ1n) is 5.02. The van der Waals surface area contributed by atoms with Gasteiger partial charge in [0.1, 0.15) is 5.75 Å². The third-order valence-corrected chi connectivity index (χ3v) is 2.24. The second-order valence-corrected chi connectivity index (χ2v) is 3.55. The van der Waals surface area contributed by atoms with Crippen molar-refractivity contribution in [3.05, 3.63) is 30.0 Å². The topological polar surface area (TPSA) is 25.0 Å². The van der Waals surface area contributed by atoms with Gasteiger partial charge in [-0.3, -0.25) is 0 Å². The van der Waals surface area contributed by atoms with Gasteiger partial charge < -0.3 is 9.72 Å². The van der Waals surface area contributed by atoms with Crippen LogP contribution in [0.5, 0.6) is 5.75 Å². The average molecular weight is 189 g/mol. The van der Waals surface area contributed by atoms with Crippen molar-refractivity contribution in [2.24, 2.45) is 0 Å². The van der Waals surface area contributed by atoms with Crippen LogP contribution >= 0.6 is 0 Å². The number of aryl methyl sites for hydroxylation is 1. The van der Waals surface area contributed by atoms with E-state index in [9.17, 15) is 0 Å². The summed E-state index contributed by atoms with van der Waals surface area (Å²) in [6.45, 7) is 4.98. The molecule has 0 aliphatic carbocycles. The first-order valence-corrected chi connectivity index (χ1v) is 5.02. The molecule has 2 nitrogen and oxygen atoms in total. The second-order valence-electron chi connectivity index (χ2n) is 3.55. The molecule has 0 spiro atoms. The first kappa shape index (κ1) is 9.13. The van der Waals surface area contributed by atoms with Crippen LogP contribution in [0.1, 0.15) is 18.9 Å². The van der Waals surface area contributed by atoms with Crippen LogP contribution in [-0.4, -0.2) is 11.6 Å². The average Bonchev–Trinajstić information content (AvgIpc) is 2.61. The number of benzene rings is 1. The van der Waals surface area contributed by atoms with Gasteiger partial charge in [-0.05, 0) is 37.1 Å². The first-order chi connectivity index (χ1) is 6.81. The van der Waals surface area contributed by atoms with Crippen LogP contribution < -0.4 is 4.74 Å². The van der Waals surface area contributed by atoms with E-state index in [2.05, 4.69) is 37.0 Å². The van der Waals surface area contributed by atoms with E-state index >= 15 is 0 Å². The molecule has 0 amide bonds. The van der Waals surface area contributed by atoms with E-state index in [1.54, 1.807) is 0 Å². The molecule has 0 bridgehead atoms. The standard InChI is InChI=1S/C12H15NO/c1-3-6-14-12-8-9(2)7-11-10(12)4-5-13-11/h4-5,7-8,13H,3,6H2,1-2H3. The van der Waals surface area contributed by atoms with Gasteiger partial charge in [0, 0.05) is 17.1 Å². The fraction of sp³-hybridized carbons (Fsp3) is 0.333. The minimum atomic E-state index is 0.781. The number of fused-ring (bicyclic) bond motifs is 1. The predicted octanol–water partition coefficient (Wildman–Crippen LogP) is 3.27. The molecule has 1 aromatic heterocycles. The number of aromatic amines is 1. The Hall–Kier alpha value is -1.44. The molecule has 0 fully saturated rings. The zero-order chi connectivity index (χ0) is 9.97. The molecule has 2 heteroatoms. The lowest BCUT2D eigenvalue weighted by Gasteiger charge is -2.06. The number of ether oxygens (including phenoxy) is 1. The number of hydrogen-bond acceptors (Lipinski definition) is 1. The predicted molar refractivity (Wildman–Crippen MR) is 58.8 cm³/mol. The van der Waals surface area contributed by atoms with Gasteiger partial charge in [0.05, 0.1) is 6.61 Å². The van der Waals surface area contributed by atoms with Crippen molar-refractivity contribution >= 4 is 10.9 Å². The number of H-pyrrole nitrogens is 1. The Kier molecular flexibility index (Phi) is 2.44. The summed E-state index contributed by atoms with van der Waals surface area (Å²) in [5, 5.41) is 1.17. The number of rotatable bonds is 3. The number of aromatic nitrogens is 1. The Bertz CT molecular complexity index is 431. The maximum atomic E-state index is 5.69. The number of hydrogen-bond donors (Lipinski definition) is 1. The van der Waals surface area contributed by atoms with Crippen molar-refractivity contribution < 1.29 is 4.74 Å². The van der Waals surface area contributed by atoms with E-state index in [-0.39, 0.29) is 0 Å². The molecular formula is C12H15NO. The zero-order valence-corrected chi connectivity index (χ0v) is 8.63. The highest BCUT2D eigenvalue weighted by atomic mass is 16.5. The third-order valence-electron chi connectivity index (χ3n) is 2.24. The molecule has 0 aliphatic rings. The van der Waals surface area contributed by atoms with Gasteiger partial charge in [0.2, 0.25) is 0 Å². The van der Waals surface area contributed by atoms with Crippen molar-refractivity contribution in [3.63, 3.8) is 0 Å². The van der Waals surface area contributed by atoms with Gasteiger partial charge in [-0.2, -0.15) is 0 Å². The summed E-state index contributed by atoms with van der Waals surface area (Å²) >= 11 is 0. The Morgan fingerprint density at radius 1 is 1.36 bits per heavy atom. The van der Waals surface area contributed by atoms with Gasteiger partial charge in [-0.25, -0.2) is 0 Å². The number of nitrogens with one attached hydrogen (secondary N) is 1. The molecule has 0 saturated carbocycles. The maximum absolute atomic E-state index is 5.69. The zero-order valence-electron chi connectivity index (χ0n) is 8.63. The smallest absolute Gasteiger partial charge is 0.128 e. The largest absolute Gasteiger partial charge is 0.493 e. The summed E-state index contributed by atoms with van der Waals surface area (Å²) in [4.78, 5) is 3.20. The van der Waals surface area contributed by atoms with E-state index in [0.29, 0.717) is 0 Å². The lowest BCUT2D eigenvalue weighted by Crippen LogP contribution is -1.95. The van der Waals surface area contributed by atoms with Crippen LogP contribution in [0.4, 0.5) is 0 Å². The van der Waals surface area contributed by atoms with Crippen LogP contribution in [0, 0.1) is 6.92 Å². The Morgan fingerprint density at radius 2 is 2.21 bits per heavy atom. The Morgan fingerprint density at radius 3 is 3.00 bits per heavy atom. The van der Waals surface area contributed by atoms with E-state index in [1.807, 2.05) is 6.20 Å². The monoisotopic (exact) mass is 189 g/mol. The molecule has 0 aliphatic heterocycles. The van der Waals surface area contributed by atoms with Crippen LogP contribution in [0.2, 0.25) is 0 Å². The van der Waals surface area contributed by atoms with Gasteiger partial charge in [-0.15, -0.1) is 0 Å². The molecule has 1 aromatic carbocycles. The van der Waals surface area contributed by atoms with Crippen molar-refractivity contribution in [2.45, 2.75) is 20.3 Å². The van der Waals surface area contributed by atoms with Gasteiger partial charge in [0.15, 0.2) is 0 Å². The summed E-state index contributed by atoms with van der Waals surface area (Å²) < 4.78 is 5.69. The Labute approximate surface area is 83.9 Å². The van der Waals surface area contributed by atoms with Crippen LogP contribution in [0.25, 0.3) is 10.9 Å². The van der Waals surface area contributed by atoms with Gasteiger partial charge in [-0.1, -0.05) is 6.92 Å². The molecular weight excluding hydrogens is 174 g/mol. The summed E-state index contributed by atoms with van der Waals surface area (Å²) in [7, 11) is 0. The van der Waals surface area contributed by atoms with Crippen molar-refractivity contribution in [1.82, 2.24) is 4.98 Å². The molecule has 2 aromatic rings. The Balaban J connectivity index is 2.44. The molecule has 1 heterocycles. The fourth-order valence-electron chi connectivity index (χ4n) is 1.60. The maximum Gasteiger partial charge on any atom is 0.128 e. The van der Waals surface area contributed by atoms with Crippen molar-refractivity contribution in [2.75, 3.05) is 6.61 Å². The van der Waals surface area contributed by atoms with E-state index in [1.165, 1.54) is 10.9 Å². The molecule has 1 N–H and O–H groups in total. The van der Waals surface area contributed by atoms with Crippen molar-refractivity contribution in [1.29, 1.82) is 0 Å². The van der Waals surface area contributed by atoms with Crippen LogP contribution in [-0.2, 0) is 0 Å². The molecule has 74 valence electrons. The van der Waals surface area contributed by atoms with Gasteiger partial charge in [0.25, 0.3) is 0 Å². The lowest BCUT2D eigenvalue weighted by atomic mass is 10.1. The summed E-state index contributed by atoms with van der Waals surface area (Å²) in [6.07, 6.45) is 2.99. The normalized spacial score (nSPS) is 10.7. The van der Waals surface area contributed by atoms with E-state index < -0.39 is 0 Å². The van der Waals surface area contributed by atoms with Crippen molar-refractivity contribution in [3.8, 4) is 5.75 Å².